The van der Waals surface area contributed by atoms with Gasteiger partial charge in [-0.25, -0.2) is 0 Å². The zero-order valence-electron chi connectivity index (χ0n) is 45.0. The van der Waals surface area contributed by atoms with Crippen molar-refractivity contribution < 1.29 is 4.79 Å². The van der Waals surface area contributed by atoms with Crippen LogP contribution in [0.3, 0.4) is 0 Å². The first-order valence-corrected chi connectivity index (χ1v) is 31.1. The van der Waals surface area contributed by atoms with Crippen molar-refractivity contribution in [2.45, 2.75) is 136 Å². The van der Waals surface area contributed by atoms with Crippen LogP contribution in [-0.4, -0.2) is 38.0 Å². The highest BCUT2D eigenvalue weighted by atomic mass is 79.9. The SMILES string of the molecule is C=C/C=C(/Br)C1=CC=C(C(C)C)C2(C1)C(=O)Nc1cc(N(C)C)cc3c(CN4CC5CCC6C7CCC8C9CCCC%10CCCC(C%11CCC(C%12CCC(C4)C5C6%12)C7C8%11)C%109)c4cc(N)ccc4c(c13)C1C[C@@]12C. The second kappa shape index (κ2) is 16.8. The molecule has 9 saturated carbocycles. The largest absolute Gasteiger partial charge is 0.399 e. The molecule has 1 saturated heterocycles. The predicted octanol–water partition coefficient (Wildman–Crippen LogP) is 15.7. The van der Waals surface area contributed by atoms with E-state index in [-0.39, 0.29) is 23.2 Å². The number of nitrogens with one attached hydrogen (secondary N) is 1. The molecule has 12 aliphatic rings. The number of piperidine rings is 1. The lowest BCUT2D eigenvalue weighted by atomic mass is 9.34. The van der Waals surface area contributed by atoms with Gasteiger partial charge in [-0.05, 0) is 252 Å². The lowest BCUT2D eigenvalue weighted by Crippen LogP contribution is -2.66. The van der Waals surface area contributed by atoms with Crippen molar-refractivity contribution in [3.05, 3.63) is 88.0 Å². The van der Waals surface area contributed by atoms with Crippen molar-refractivity contribution in [2.75, 3.05) is 43.1 Å². The minimum absolute atomic E-state index is 0.145. The highest BCUT2D eigenvalue weighted by Crippen LogP contribution is 2.76. The van der Waals surface area contributed by atoms with Gasteiger partial charge in [0, 0.05) is 55.0 Å². The molecule has 12 unspecified atom stereocenters. The molecule has 3 N–H and O–H groups in total. The van der Waals surface area contributed by atoms with Gasteiger partial charge in [-0.15, -0.1) is 0 Å². The first-order chi connectivity index (χ1) is 35.4. The number of hydrogen-bond acceptors (Lipinski definition) is 4. The number of likely N-dealkylation sites (tertiary alicyclic amines) is 1. The summed E-state index contributed by atoms with van der Waals surface area (Å²) in [5.41, 5.74) is 14.1. The Balaban J connectivity index is 0.777. The first kappa shape index (κ1) is 46.9. The molecule has 3 aromatic rings. The van der Waals surface area contributed by atoms with E-state index in [1.54, 1.807) is 64.2 Å². The molecule has 10 aliphatic carbocycles. The van der Waals surface area contributed by atoms with Crippen molar-refractivity contribution in [3.8, 4) is 0 Å². The van der Waals surface area contributed by atoms with E-state index in [4.69, 9.17) is 5.73 Å². The Morgan fingerprint density at radius 3 is 1.97 bits per heavy atom. The van der Waals surface area contributed by atoms with Crippen molar-refractivity contribution in [1.82, 2.24) is 4.90 Å². The number of nitrogen functional groups attached to an aromatic ring is 1. The number of fused-ring (bicyclic) bond motifs is 9. The fourth-order valence-corrected chi connectivity index (χ4v) is 23.6. The molecule has 0 radical (unpaired) electrons. The van der Waals surface area contributed by atoms with Gasteiger partial charge < -0.3 is 16.0 Å². The molecule has 2 heterocycles. The number of hydrogen-bond donors (Lipinski definition) is 2. The van der Waals surface area contributed by atoms with E-state index in [9.17, 15) is 0 Å². The number of carbonyl (C=O) groups is 1. The molecule has 1 spiro atoms. The summed E-state index contributed by atoms with van der Waals surface area (Å²) in [7, 11) is 4.32. The number of carbonyl (C=O) groups excluding carboxylic acids is 1. The molecule has 1 amide bonds. The Morgan fingerprint density at radius 1 is 0.767 bits per heavy atom. The van der Waals surface area contributed by atoms with Crippen molar-refractivity contribution in [1.29, 1.82) is 0 Å². The third-order valence-corrected chi connectivity index (χ3v) is 26.1. The van der Waals surface area contributed by atoms with Crippen molar-refractivity contribution in [2.24, 2.45) is 111 Å². The van der Waals surface area contributed by atoms with E-state index in [2.05, 4.69) is 115 Å². The van der Waals surface area contributed by atoms with Gasteiger partial charge in [-0.2, -0.15) is 0 Å². The van der Waals surface area contributed by atoms with Crippen LogP contribution in [0.4, 0.5) is 17.1 Å². The fourth-order valence-electron chi connectivity index (χ4n) is 23.2. The van der Waals surface area contributed by atoms with E-state index in [0.717, 1.165) is 135 Å². The Kier molecular flexibility index (Phi) is 10.8. The number of halogens is 1. The molecule has 386 valence electrons. The first-order valence-electron chi connectivity index (χ1n) is 30.3. The number of benzene rings is 3. The maximum atomic E-state index is 15.8. The van der Waals surface area contributed by atoms with Gasteiger partial charge in [0.25, 0.3) is 0 Å². The summed E-state index contributed by atoms with van der Waals surface area (Å²) in [6, 6.07) is 11.6. The average molecular weight is 1040 g/mol. The molecular formula is C67H85BrN4O. The summed E-state index contributed by atoms with van der Waals surface area (Å²) in [6.45, 7) is 14.4. The smallest absolute Gasteiger partial charge is 0.235 e. The molecule has 3 aromatic carbocycles. The van der Waals surface area contributed by atoms with Crippen LogP contribution in [0.5, 0.6) is 0 Å². The molecule has 13 atom stereocenters. The second-order valence-electron chi connectivity index (χ2n) is 28.3. The van der Waals surface area contributed by atoms with Gasteiger partial charge in [0.05, 0.1) is 11.1 Å². The summed E-state index contributed by atoms with van der Waals surface area (Å²) < 4.78 is 1.00. The fraction of sp³-hybridized carbons (Fsp3) is 0.657. The van der Waals surface area contributed by atoms with E-state index < -0.39 is 5.41 Å². The monoisotopic (exact) mass is 1040 g/mol. The maximum Gasteiger partial charge on any atom is 0.235 e. The van der Waals surface area contributed by atoms with Crippen LogP contribution < -0.4 is 16.0 Å². The highest BCUT2D eigenvalue weighted by Gasteiger charge is 2.71. The van der Waals surface area contributed by atoms with E-state index in [0.29, 0.717) is 6.42 Å². The molecule has 15 rings (SSSR count). The summed E-state index contributed by atoms with van der Waals surface area (Å²) in [6.07, 6.45) is 31.7. The zero-order chi connectivity index (χ0) is 49.6. The lowest BCUT2D eigenvalue weighted by Gasteiger charge is -2.71. The Labute approximate surface area is 446 Å². The van der Waals surface area contributed by atoms with Crippen LogP contribution >= 0.6 is 15.9 Å². The van der Waals surface area contributed by atoms with Crippen LogP contribution in [0.1, 0.15) is 141 Å². The van der Waals surface area contributed by atoms with Crippen molar-refractivity contribution in [3.63, 3.8) is 0 Å². The minimum atomic E-state index is -0.713. The standard InChI is InChI=1S/C67H85BrN4O/c1-7-10-56(68)37-17-26-54(35(2)3)67(30-37)65(73)70-57-29-41(71(5)6)28-52-53(51-27-40(69)18-21-50(51)63(64(52)57)55-31-66(55,67)4)34-72-32-38-15-19-44-48-24-22-46-42-13-8-11-36-12-9-14-43(59(36)42)47-23-25-49(62(48)61(46)47)45-20-16-39(33-72)58(38)60(44)45/h7,10,17-18,21,26-29,35-36,38-39,42-49,55,58-62H,1,8-9,11-16,19-20,22-25,30-34,69H2,2-6H3,(H,70,73)/b56-10+/t36?,38?,39?,42?,43?,44?,45?,46?,47?,48?,49?,55?,58?,59?,60?,61?,62?,66-,67?/m0/s1. The van der Waals surface area contributed by atoms with Gasteiger partial charge >= 0.3 is 0 Å². The summed E-state index contributed by atoms with van der Waals surface area (Å²) in [5.74, 6) is 16.9. The molecule has 2 aliphatic heterocycles. The summed E-state index contributed by atoms with van der Waals surface area (Å²) in [4.78, 5) is 21.0. The highest BCUT2D eigenvalue weighted by molar-refractivity contribution is 9.12. The Bertz CT molecular complexity index is 2870. The topological polar surface area (TPSA) is 61.6 Å². The molecule has 0 aromatic heterocycles. The quantitative estimate of drug-likeness (QED) is 0.147. The number of anilines is 3. The Morgan fingerprint density at radius 2 is 1.37 bits per heavy atom. The summed E-state index contributed by atoms with van der Waals surface area (Å²) in [5, 5.41) is 9.01. The van der Waals surface area contributed by atoms with Gasteiger partial charge in [-0.3, -0.25) is 9.69 Å². The van der Waals surface area contributed by atoms with Gasteiger partial charge in [0.15, 0.2) is 0 Å². The zero-order valence-corrected chi connectivity index (χ0v) is 46.6. The number of nitrogens with zero attached hydrogens (tertiary/aromatic N) is 2. The van der Waals surface area contributed by atoms with Gasteiger partial charge in [-0.1, -0.05) is 98.8 Å². The predicted molar refractivity (Wildman–Crippen MR) is 305 cm³/mol. The van der Waals surface area contributed by atoms with Crippen LogP contribution in [0, 0.1) is 111 Å². The molecular weight excluding hydrogens is 957 g/mol. The minimum Gasteiger partial charge on any atom is -0.399 e. The van der Waals surface area contributed by atoms with E-state index in [1.165, 1.54) is 77.0 Å². The molecule has 5 nitrogen and oxygen atoms in total. The summed E-state index contributed by atoms with van der Waals surface area (Å²) >= 11 is 3.90. The number of nitrogens with two attached hydrogens (primary N) is 1. The van der Waals surface area contributed by atoms with Crippen molar-refractivity contribution >= 4 is 60.4 Å². The van der Waals surface area contributed by atoms with Crippen LogP contribution in [0.2, 0.25) is 0 Å². The second-order valence-corrected chi connectivity index (χ2v) is 29.1. The van der Waals surface area contributed by atoms with E-state index in [1.807, 2.05) is 12.2 Å². The lowest BCUT2D eigenvalue weighted by molar-refractivity contribution is -0.228. The number of allylic oxidation sites excluding steroid dienone is 6. The Hall–Kier alpha value is -3.35. The van der Waals surface area contributed by atoms with Crippen LogP contribution in [0.15, 0.2) is 76.8 Å². The normalized spacial score (nSPS) is 43.9. The maximum absolute atomic E-state index is 15.8. The van der Waals surface area contributed by atoms with Crippen LogP contribution in [0.25, 0.3) is 21.5 Å². The third kappa shape index (κ3) is 6.50. The third-order valence-electron chi connectivity index (χ3n) is 25.4. The molecule has 6 heteroatoms. The number of amides is 1. The molecule has 0 bridgehead atoms. The van der Waals surface area contributed by atoms with Gasteiger partial charge in [0.2, 0.25) is 5.91 Å². The van der Waals surface area contributed by atoms with Gasteiger partial charge in [0.1, 0.15) is 0 Å². The average Bonchev–Trinajstić information content (AvgIpc) is 4.09. The number of rotatable bonds is 6. The molecule has 10 fully saturated rings. The van der Waals surface area contributed by atoms with Crippen LogP contribution in [-0.2, 0) is 11.3 Å². The van der Waals surface area contributed by atoms with E-state index >= 15 is 4.79 Å². The molecule has 73 heavy (non-hydrogen) atoms.